The van der Waals surface area contributed by atoms with Gasteiger partial charge in [0.25, 0.3) is 0 Å². The molecule has 1 aromatic rings. The summed E-state index contributed by atoms with van der Waals surface area (Å²) in [5.74, 6) is -0.109. The van der Waals surface area contributed by atoms with Crippen LogP contribution in [0.25, 0.3) is 0 Å². The van der Waals surface area contributed by atoms with Gasteiger partial charge in [0.15, 0.2) is 0 Å². The van der Waals surface area contributed by atoms with E-state index in [2.05, 4.69) is 10.2 Å². The highest BCUT2D eigenvalue weighted by Gasteiger charge is 2.25. The van der Waals surface area contributed by atoms with Crippen LogP contribution in [0, 0.1) is 5.82 Å². The van der Waals surface area contributed by atoms with Crippen molar-refractivity contribution in [2.24, 2.45) is 0 Å². The molecule has 1 atom stereocenters. The SMILES string of the molecule is CCOC1CCCN(c2c(F)cccc2CNC2CC2)C1. The van der Waals surface area contributed by atoms with Gasteiger partial charge in [0.2, 0.25) is 0 Å². The number of nitrogens with one attached hydrogen (secondary N) is 1. The number of hydrogen-bond acceptors (Lipinski definition) is 3. The van der Waals surface area contributed by atoms with E-state index in [-0.39, 0.29) is 11.9 Å². The number of anilines is 1. The van der Waals surface area contributed by atoms with Crippen molar-refractivity contribution >= 4 is 5.69 Å². The summed E-state index contributed by atoms with van der Waals surface area (Å²) in [7, 11) is 0. The van der Waals surface area contributed by atoms with Crippen LogP contribution in [0.5, 0.6) is 0 Å². The molecular formula is C17H25FN2O. The van der Waals surface area contributed by atoms with E-state index in [1.807, 2.05) is 19.1 Å². The lowest BCUT2D eigenvalue weighted by Gasteiger charge is -2.35. The van der Waals surface area contributed by atoms with Crippen molar-refractivity contribution in [2.45, 2.75) is 51.3 Å². The van der Waals surface area contributed by atoms with E-state index in [1.54, 1.807) is 6.07 Å². The van der Waals surface area contributed by atoms with Gasteiger partial charge in [-0.15, -0.1) is 0 Å². The third kappa shape index (κ3) is 3.74. The van der Waals surface area contributed by atoms with E-state index in [0.29, 0.717) is 6.04 Å². The third-order valence-corrected chi connectivity index (χ3v) is 4.33. The standard InChI is InChI=1S/C17H25FN2O/c1-2-21-15-6-4-10-20(12-15)17-13(5-3-7-16(17)18)11-19-14-8-9-14/h3,5,7,14-15,19H,2,4,6,8-12H2,1H3. The molecule has 1 unspecified atom stereocenters. The Bertz CT molecular complexity index is 474. The highest BCUT2D eigenvalue weighted by Crippen LogP contribution is 2.29. The Morgan fingerprint density at radius 1 is 1.33 bits per heavy atom. The van der Waals surface area contributed by atoms with Gasteiger partial charge in [0.1, 0.15) is 5.82 Å². The van der Waals surface area contributed by atoms with Crippen LogP contribution in [0.2, 0.25) is 0 Å². The quantitative estimate of drug-likeness (QED) is 0.872. The molecule has 0 aromatic heterocycles. The summed E-state index contributed by atoms with van der Waals surface area (Å²) in [4.78, 5) is 2.17. The van der Waals surface area contributed by atoms with Gasteiger partial charge in [-0.1, -0.05) is 12.1 Å². The Hall–Kier alpha value is -1.13. The second-order valence-electron chi connectivity index (χ2n) is 6.07. The largest absolute Gasteiger partial charge is 0.377 e. The second-order valence-corrected chi connectivity index (χ2v) is 6.07. The first kappa shape index (κ1) is 14.8. The maximum atomic E-state index is 14.4. The van der Waals surface area contributed by atoms with Crippen LogP contribution in [-0.2, 0) is 11.3 Å². The van der Waals surface area contributed by atoms with Gasteiger partial charge in [-0.3, -0.25) is 0 Å². The average molecular weight is 292 g/mol. The Balaban J connectivity index is 1.75. The lowest BCUT2D eigenvalue weighted by molar-refractivity contribution is 0.0525. The number of halogens is 1. The zero-order chi connectivity index (χ0) is 14.7. The molecule has 2 fully saturated rings. The van der Waals surface area contributed by atoms with Crippen molar-refractivity contribution in [2.75, 3.05) is 24.6 Å². The van der Waals surface area contributed by atoms with E-state index < -0.39 is 0 Å². The number of benzene rings is 1. The van der Waals surface area contributed by atoms with Crippen molar-refractivity contribution in [1.29, 1.82) is 0 Å². The van der Waals surface area contributed by atoms with Crippen LogP contribution >= 0.6 is 0 Å². The molecule has 1 saturated carbocycles. The van der Waals surface area contributed by atoms with Gasteiger partial charge in [0, 0.05) is 32.3 Å². The monoisotopic (exact) mass is 292 g/mol. The molecule has 1 aliphatic carbocycles. The summed E-state index contributed by atoms with van der Waals surface area (Å²) in [6.07, 6.45) is 4.87. The summed E-state index contributed by atoms with van der Waals surface area (Å²) in [6, 6.07) is 6.06. The molecule has 4 heteroatoms. The first-order chi connectivity index (χ1) is 10.3. The summed E-state index contributed by atoms with van der Waals surface area (Å²) in [6.45, 7) is 5.22. The molecule has 0 amide bonds. The lowest BCUT2D eigenvalue weighted by Crippen LogP contribution is -2.41. The van der Waals surface area contributed by atoms with Gasteiger partial charge in [-0.25, -0.2) is 4.39 Å². The van der Waals surface area contributed by atoms with Crippen LogP contribution in [0.1, 0.15) is 38.2 Å². The Morgan fingerprint density at radius 2 is 2.19 bits per heavy atom. The molecule has 0 radical (unpaired) electrons. The Labute approximate surface area is 126 Å². The number of rotatable bonds is 6. The fourth-order valence-corrected chi connectivity index (χ4v) is 3.11. The highest BCUT2D eigenvalue weighted by atomic mass is 19.1. The molecule has 1 aromatic carbocycles. The smallest absolute Gasteiger partial charge is 0.146 e. The number of nitrogens with zero attached hydrogens (tertiary/aromatic N) is 1. The molecule has 3 nitrogen and oxygen atoms in total. The van der Waals surface area contributed by atoms with Crippen molar-refractivity contribution in [1.82, 2.24) is 5.32 Å². The molecular weight excluding hydrogens is 267 g/mol. The number of piperidine rings is 1. The maximum Gasteiger partial charge on any atom is 0.146 e. The van der Waals surface area contributed by atoms with Gasteiger partial charge in [-0.05, 0) is 44.2 Å². The predicted octanol–water partition coefficient (Wildman–Crippen LogP) is 3.08. The topological polar surface area (TPSA) is 24.5 Å². The van der Waals surface area contributed by atoms with Crippen LogP contribution in [0.4, 0.5) is 10.1 Å². The first-order valence-electron chi connectivity index (χ1n) is 8.15. The normalized spacial score (nSPS) is 22.6. The number of hydrogen-bond donors (Lipinski definition) is 1. The zero-order valence-electron chi connectivity index (χ0n) is 12.8. The molecule has 0 bridgehead atoms. The fourth-order valence-electron chi connectivity index (χ4n) is 3.11. The summed E-state index contributed by atoms with van der Waals surface area (Å²) < 4.78 is 20.1. The Morgan fingerprint density at radius 3 is 2.95 bits per heavy atom. The zero-order valence-corrected chi connectivity index (χ0v) is 12.8. The molecule has 1 heterocycles. The molecule has 3 rings (SSSR count). The fraction of sp³-hybridized carbons (Fsp3) is 0.647. The first-order valence-corrected chi connectivity index (χ1v) is 8.15. The molecule has 21 heavy (non-hydrogen) atoms. The summed E-state index contributed by atoms with van der Waals surface area (Å²) in [5, 5.41) is 3.49. The van der Waals surface area contributed by atoms with Crippen LogP contribution in [0.3, 0.4) is 0 Å². The minimum atomic E-state index is -0.109. The van der Waals surface area contributed by atoms with E-state index in [9.17, 15) is 4.39 Å². The number of ether oxygens (including phenoxy) is 1. The van der Waals surface area contributed by atoms with Crippen LogP contribution in [0.15, 0.2) is 18.2 Å². The van der Waals surface area contributed by atoms with Crippen molar-refractivity contribution in [3.63, 3.8) is 0 Å². The second kappa shape index (κ2) is 6.75. The van der Waals surface area contributed by atoms with Gasteiger partial charge < -0.3 is 15.0 Å². The lowest BCUT2D eigenvalue weighted by atomic mass is 10.0. The molecule has 1 aliphatic heterocycles. The van der Waals surface area contributed by atoms with E-state index in [0.717, 1.165) is 50.3 Å². The predicted molar refractivity (Wildman–Crippen MR) is 83.1 cm³/mol. The Kier molecular flexibility index (Phi) is 4.76. The van der Waals surface area contributed by atoms with Gasteiger partial charge in [0.05, 0.1) is 11.8 Å². The van der Waals surface area contributed by atoms with E-state index >= 15 is 0 Å². The minimum Gasteiger partial charge on any atom is -0.377 e. The van der Waals surface area contributed by atoms with Crippen molar-refractivity contribution in [3.8, 4) is 0 Å². The van der Waals surface area contributed by atoms with Crippen LogP contribution in [-0.4, -0.2) is 31.8 Å². The molecule has 0 spiro atoms. The molecule has 1 saturated heterocycles. The maximum absolute atomic E-state index is 14.4. The van der Waals surface area contributed by atoms with Crippen molar-refractivity contribution in [3.05, 3.63) is 29.6 Å². The van der Waals surface area contributed by atoms with E-state index in [4.69, 9.17) is 4.74 Å². The van der Waals surface area contributed by atoms with Crippen molar-refractivity contribution < 1.29 is 9.13 Å². The third-order valence-electron chi connectivity index (χ3n) is 4.33. The van der Waals surface area contributed by atoms with E-state index in [1.165, 1.54) is 12.8 Å². The molecule has 2 aliphatic rings. The molecule has 1 N–H and O–H groups in total. The summed E-state index contributed by atoms with van der Waals surface area (Å²) >= 11 is 0. The summed E-state index contributed by atoms with van der Waals surface area (Å²) in [5.41, 5.74) is 1.84. The average Bonchev–Trinajstić information content (AvgIpc) is 3.30. The highest BCUT2D eigenvalue weighted by molar-refractivity contribution is 5.55. The van der Waals surface area contributed by atoms with Gasteiger partial charge in [-0.2, -0.15) is 0 Å². The van der Waals surface area contributed by atoms with Gasteiger partial charge >= 0.3 is 0 Å². The van der Waals surface area contributed by atoms with Crippen LogP contribution < -0.4 is 10.2 Å². The molecule has 116 valence electrons. The minimum absolute atomic E-state index is 0.109. The number of para-hydroxylation sites is 1.